The van der Waals surface area contributed by atoms with Crippen molar-refractivity contribution in [3.05, 3.63) is 0 Å². The molecule has 0 aromatic carbocycles. The third kappa shape index (κ3) is 10.8. The highest BCUT2D eigenvalue weighted by atomic mass is 16.4. The lowest BCUT2D eigenvalue weighted by atomic mass is 10.7. The summed E-state index contributed by atoms with van der Waals surface area (Å²) in [5.74, 6) is -0.822. The number of likely N-dealkylation sites (N-methyl/N-ethyl adjacent to an activating group) is 1. The van der Waals surface area contributed by atoms with Gasteiger partial charge in [0.2, 0.25) is 0 Å². The minimum Gasteiger partial charge on any atom is -0.480 e. The second-order valence-electron chi connectivity index (χ2n) is 0.924. The first kappa shape index (κ1) is 9.63. The number of carboxylic acid groups (broad SMARTS) is 1. The van der Waals surface area contributed by atoms with Crippen molar-refractivity contribution in [3.8, 4) is 0 Å². The highest BCUT2D eigenvalue weighted by molar-refractivity contribution is 5.68. The Bertz CT molecular complexity index is 54.9. The van der Waals surface area contributed by atoms with E-state index in [9.17, 15) is 4.79 Å². The number of carboxylic acids is 1. The third-order valence-corrected chi connectivity index (χ3v) is 0.328. The predicted octanol–water partition coefficient (Wildman–Crippen LogP) is -0.333. The van der Waals surface area contributed by atoms with Gasteiger partial charge in [0.15, 0.2) is 0 Å². The van der Waals surface area contributed by atoms with Crippen molar-refractivity contribution in [2.75, 3.05) is 13.6 Å². The molecule has 0 aromatic heterocycles. The fourth-order valence-electron chi connectivity index (χ4n) is 0.151. The summed E-state index contributed by atoms with van der Waals surface area (Å²) in [6.45, 7) is 0.0417. The van der Waals surface area contributed by atoms with Gasteiger partial charge in [-0.15, -0.1) is 0 Å². The molecule has 0 amide bonds. The molecular formula is C3H11N2O2+. The van der Waals surface area contributed by atoms with E-state index in [-0.39, 0.29) is 12.7 Å². The summed E-state index contributed by atoms with van der Waals surface area (Å²) in [4.78, 5) is 9.54. The molecule has 6 N–H and O–H groups in total. The van der Waals surface area contributed by atoms with Crippen LogP contribution in [0.1, 0.15) is 0 Å². The van der Waals surface area contributed by atoms with Crippen LogP contribution in [0.25, 0.3) is 0 Å². The van der Waals surface area contributed by atoms with Gasteiger partial charge in [-0.3, -0.25) is 4.79 Å². The predicted molar refractivity (Wildman–Crippen MR) is 27.5 cm³/mol. The normalized spacial score (nSPS) is 7.00. The molecule has 7 heavy (non-hydrogen) atoms. The average molecular weight is 107 g/mol. The molecular weight excluding hydrogens is 96.0 g/mol. The topological polar surface area (TPSA) is 85.8 Å². The second kappa shape index (κ2) is 5.39. The van der Waals surface area contributed by atoms with Crippen LogP contribution in [0.3, 0.4) is 0 Å². The molecule has 0 radical (unpaired) electrons. The van der Waals surface area contributed by atoms with E-state index in [4.69, 9.17) is 5.11 Å². The van der Waals surface area contributed by atoms with Crippen molar-refractivity contribution >= 4 is 5.97 Å². The molecule has 0 aliphatic rings. The molecule has 0 saturated carbocycles. The number of nitrogens with one attached hydrogen (secondary N) is 1. The van der Waals surface area contributed by atoms with Gasteiger partial charge < -0.3 is 16.6 Å². The molecule has 0 unspecified atom stereocenters. The zero-order chi connectivity index (χ0) is 4.99. The van der Waals surface area contributed by atoms with Crippen molar-refractivity contribution in [1.82, 2.24) is 11.5 Å². The Labute approximate surface area is 42.1 Å². The van der Waals surface area contributed by atoms with Gasteiger partial charge in [0.1, 0.15) is 0 Å². The average Bonchev–Trinajstić information content (AvgIpc) is 1.35. The van der Waals surface area contributed by atoms with E-state index in [1.165, 1.54) is 0 Å². The van der Waals surface area contributed by atoms with Crippen molar-refractivity contribution < 1.29 is 9.90 Å². The van der Waals surface area contributed by atoms with Crippen LogP contribution in [0.15, 0.2) is 0 Å². The van der Waals surface area contributed by atoms with Gasteiger partial charge in [-0.05, 0) is 7.05 Å². The maximum atomic E-state index is 9.54. The first-order chi connectivity index (χ1) is 2.77. The van der Waals surface area contributed by atoms with Crippen LogP contribution in [0.4, 0.5) is 0 Å². The minimum absolute atomic E-state index is 0. The van der Waals surface area contributed by atoms with E-state index in [0.717, 1.165) is 0 Å². The quantitative estimate of drug-likeness (QED) is 0.451. The molecule has 0 rings (SSSR count). The first-order valence-electron chi connectivity index (χ1n) is 1.63. The van der Waals surface area contributed by atoms with Crippen molar-refractivity contribution in [2.45, 2.75) is 0 Å². The maximum Gasteiger partial charge on any atom is 0.317 e. The number of hydrogen-bond donors (Lipinski definition) is 3. The number of quaternary nitrogens is 1. The number of rotatable bonds is 2. The van der Waals surface area contributed by atoms with Gasteiger partial charge >= 0.3 is 5.97 Å². The summed E-state index contributed by atoms with van der Waals surface area (Å²) in [6.07, 6.45) is 0. The lowest BCUT2D eigenvalue weighted by molar-refractivity contribution is -0.135. The van der Waals surface area contributed by atoms with E-state index in [1.54, 1.807) is 7.05 Å². The highest BCUT2D eigenvalue weighted by Crippen LogP contribution is 1.50. The molecule has 0 aromatic rings. The molecule has 4 nitrogen and oxygen atoms in total. The summed E-state index contributed by atoms with van der Waals surface area (Å²) in [5.41, 5.74) is 0. The van der Waals surface area contributed by atoms with E-state index in [0.29, 0.717) is 0 Å². The van der Waals surface area contributed by atoms with Gasteiger partial charge in [0.05, 0.1) is 6.54 Å². The fraction of sp³-hybridized carbons (Fsp3) is 0.667. The molecule has 44 valence electrons. The Morgan fingerprint density at radius 1 is 1.86 bits per heavy atom. The van der Waals surface area contributed by atoms with Gasteiger partial charge in [0, 0.05) is 0 Å². The largest absolute Gasteiger partial charge is 0.480 e. The lowest BCUT2D eigenvalue weighted by Crippen LogP contribution is -2.16. The molecule has 0 heterocycles. The summed E-state index contributed by atoms with van der Waals surface area (Å²) in [6, 6.07) is 0. The van der Waals surface area contributed by atoms with Crippen molar-refractivity contribution in [2.24, 2.45) is 0 Å². The minimum atomic E-state index is -0.822. The van der Waals surface area contributed by atoms with Crippen LogP contribution in [-0.4, -0.2) is 24.7 Å². The molecule has 0 aliphatic heterocycles. The summed E-state index contributed by atoms with van der Waals surface area (Å²) in [7, 11) is 1.59. The van der Waals surface area contributed by atoms with E-state index in [2.05, 4.69) is 5.32 Å². The number of hydrogen-bond acceptors (Lipinski definition) is 2. The van der Waals surface area contributed by atoms with Crippen LogP contribution < -0.4 is 11.5 Å². The first-order valence-corrected chi connectivity index (χ1v) is 1.63. The summed E-state index contributed by atoms with van der Waals surface area (Å²) in [5, 5.41) is 10.3. The number of carbonyl (C=O) groups is 1. The molecule has 0 aliphatic carbocycles. The van der Waals surface area contributed by atoms with E-state index in [1.807, 2.05) is 0 Å². The van der Waals surface area contributed by atoms with Crippen LogP contribution in [0.2, 0.25) is 0 Å². The highest BCUT2D eigenvalue weighted by Gasteiger charge is 1.86. The molecule has 0 bridgehead atoms. The van der Waals surface area contributed by atoms with Gasteiger partial charge in [-0.1, -0.05) is 0 Å². The van der Waals surface area contributed by atoms with E-state index >= 15 is 0 Å². The van der Waals surface area contributed by atoms with Crippen LogP contribution in [-0.2, 0) is 4.79 Å². The zero-order valence-corrected chi connectivity index (χ0v) is 4.56. The molecule has 0 atom stereocenters. The Balaban J connectivity index is 0. The summed E-state index contributed by atoms with van der Waals surface area (Å²) < 4.78 is 0. The summed E-state index contributed by atoms with van der Waals surface area (Å²) >= 11 is 0. The fourth-order valence-corrected chi connectivity index (χ4v) is 0.151. The lowest BCUT2D eigenvalue weighted by Gasteiger charge is -1.84. The Morgan fingerprint density at radius 2 is 2.29 bits per heavy atom. The maximum absolute atomic E-state index is 9.54. The van der Waals surface area contributed by atoms with Crippen LogP contribution in [0.5, 0.6) is 0 Å². The van der Waals surface area contributed by atoms with Crippen LogP contribution >= 0.6 is 0 Å². The van der Waals surface area contributed by atoms with Gasteiger partial charge in [-0.25, -0.2) is 0 Å². The Kier molecular flexibility index (Phi) is 7.42. The smallest absolute Gasteiger partial charge is 0.317 e. The van der Waals surface area contributed by atoms with E-state index < -0.39 is 5.97 Å². The Hall–Kier alpha value is -0.610. The molecule has 0 fully saturated rings. The Morgan fingerprint density at radius 3 is 2.29 bits per heavy atom. The van der Waals surface area contributed by atoms with Gasteiger partial charge in [0.25, 0.3) is 0 Å². The standard InChI is InChI=1S/C3H7NO2.H3N/c1-4-2-3(5)6;/h4H,2H2,1H3,(H,5,6);1H3/p+1. The zero-order valence-electron chi connectivity index (χ0n) is 4.56. The van der Waals surface area contributed by atoms with Crippen molar-refractivity contribution in [1.29, 1.82) is 0 Å². The monoisotopic (exact) mass is 107 g/mol. The number of aliphatic carboxylic acids is 1. The second-order valence-corrected chi connectivity index (χ2v) is 0.924. The SMILES string of the molecule is CNCC(=O)O.[NH4+]. The van der Waals surface area contributed by atoms with Crippen LogP contribution in [0, 0.1) is 0 Å². The molecule has 4 heteroatoms. The van der Waals surface area contributed by atoms with Gasteiger partial charge in [-0.2, -0.15) is 0 Å². The third-order valence-electron chi connectivity index (χ3n) is 0.328. The molecule has 0 saturated heterocycles. The van der Waals surface area contributed by atoms with Crippen molar-refractivity contribution in [3.63, 3.8) is 0 Å². The molecule has 0 spiro atoms.